The van der Waals surface area contributed by atoms with Crippen LogP contribution >= 0.6 is 0 Å². The van der Waals surface area contributed by atoms with Gasteiger partial charge in [-0.2, -0.15) is 10.2 Å². The van der Waals surface area contributed by atoms with Crippen LogP contribution in [-0.2, 0) is 113 Å². The molecule has 5 aliphatic rings. The Morgan fingerprint density at radius 3 is 0.980 bits per heavy atom. The number of benzene rings is 1. The van der Waals surface area contributed by atoms with Gasteiger partial charge in [-0.05, 0) is 321 Å². The highest BCUT2D eigenvalue weighted by atomic mass is 19.1. The van der Waals surface area contributed by atoms with Gasteiger partial charge < -0.3 is 32.3 Å². The molecule has 0 atom stereocenters. The van der Waals surface area contributed by atoms with Crippen molar-refractivity contribution >= 4 is 55.2 Å². The van der Waals surface area contributed by atoms with Crippen molar-refractivity contribution in [2.75, 3.05) is 0 Å². The third-order valence-electron chi connectivity index (χ3n) is 29.7. The predicted molar refractivity (Wildman–Crippen MR) is 579 cm³/mol. The van der Waals surface area contributed by atoms with Crippen LogP contribution in [0.3, 0.4) is 0 Å². The van der Waals surface area contributed by atoms with Gasteiger partial charge in [-0.15, -0.1) is 0 Å². The minimum absolute atomic E-state index is 0.0919. The average Bonchev–Trinajstić information content (AvgIpc) is 1.63. The summed E-state index contributed by atoms with van der Waals surface area (Å²) >= 11 is 0. The van der Waals surface area contributed by atoms with E-state index in [1.54, 1.807) is 85.8 Å². The highest BCUT2D eigenvalue weighted by Gasteiger charge is 2.27. The maximum Gasteiger partial charge on any atom is 0.259 e. The van der Waals surface area contributed by atoms with E-state index in [1.807, 2.05) is 148 Å². The summed E-state index contributed by atoms with van der Waals surface area (Å²) in [5.41, 5.74) is 27.6. The number of halogens is 1. The molecule has 0 amide bonds. The van der Waals surface area contributed by atoms with Crippen LogP contribution in [0.4, 0.5) is 4.39 Å². The Bertz CT molecular complexity index is 8220. The van der Waals surface area contributed by atoms with E-state index in [0.29, 0.717) is 58.6 Å². The Labute approximate surface area is 855 Å². The van der Waals surface area contributed by atoms with Gasteiger partial charge in [0.05, 0.1) is 29.0 Å². The van der Waals surface area contributed by atoms with Crippen LogP contribution in [0.2, 0.25) is 0 Å². The third kappa shape index (κ3) is 20.4. The number of hydrogen-bond acceptors (Lipinski definition) is 17. The number of pyridine rings is 13. The van der Waals surface area contributed by atoms with Crippen LogP contribution in [0.5, 0.6) is 11.5 Å². The highest BCUT2D eigenvalue weighted by Crippen LogP contribution is 2.38. The maximum absolute atomic E-state index is 13.0. The first-order chi connectivity index (χ1) is 72.1. The first-order valence-electron chi connectivity index (χ1n) is 51.7. The summed E-state index contributed by atoms with van der Waals surface area (Å²) in [5.74, 6) is 3.77. The quantitative estimate of drug-likeness (QED) is 0.0914. The van der Waals surface area contributed by atoms with E-state index in [0.717, 1.165) is 149 Å². The summed E-state index contributed by atoms with van der Waals surface area (Å²) in [6, 6.07) is 61.8. The summed E-state index contributed by atoms with van der Waals surface area (Å²) in [4.78, 5) is 101. The third-order valence-corrected chi connectivity index (χ3v) is 29.7. The highest BCUT2D eigenvalue weighted by molar-refractivity contribution is 5.87. The molecule has 0 spiro atoms. The van der Waals surface area contributed by atoms with Gasteiger partial charge in [-0.1, -0.05) is 74.6 Å². The fraction of sp³-hybridized carbons (Fsp3) is 0.292. The van der Waals surface area contributed by atoms with Crippen LogP contribution in [0.1, 0.15) is 181 Å². The molecule has 1 aromatic carbocycles. The van der Waals surface area contributed by atoms with E-state index >= 15 is 0 Å². The van der Waals surface area contributed by atoms with Gasteiger partial charge in [-0.3, -0.25) is 61.8 Å². The van der Waals surface area contributed by atoms with Crippen molar-refractivity contribution in [1.29, 1.82) is 0 Å². The molecule has 148 heavy (non-hydrogen) atoms. The standard InChI is InChI=1S/C25H25N3O2.C24H23FN4O2.2C24H24N4O.C23H23N5O/c1-27-22-11-7-3-6-10-20(22)21-12-13-23(26-25(21)27)28-15-14-19(16-24(28)29)30-17-18-8-4-2-5-9-18;1-28-21-6-4-2-3-5-19(21)20-9-10-22(27-24(20)28)29-12-11-18(13-23(29)30)31-15-17-8-7-16(25)14-26-17;1-16-8-10-20(25-15-16)17-12-13-28(23(29)14-17)22-11-9-19-18-6-4-3-5-7-21(18)27(2)24(19)26-22;1-16-8-9-18(15-25-16)17-12-13-28(23(29)14-17)22-11-10-20-19-6-4-3-5-7-21(19)27(2)24(20)26-22;1-15-8-10-19(26-25-15)16-12-13-28(22(29)14-16)21-11-9-18-17-6-4-3-5-7-20(17)27(2)23(18)24-21/h2,4-5,8-9,12-16H,3,6-7,10-11,17H2,1H3;7-14H,2-6,15H2,1H3;2*8-15H,3-7H2,1-2H3;8-14H,3-7H2,1-2H3. The second kappa shape index (κ2) is 43.0. The molecule has 0 unspecified atom stereocenters. The Morgan fingerprint density at radius 1 is 0.284 bits per heavy atom. The van der Waals surface area contributed by atoms with Crippen LogP contribution in [0.15, 0.2) is 274 Å². The zero-order chi connectivity index (χ0) is 102. The van der Waals surface area contributed by atoms with E-state index in [4.69, 9.17) is 34.4 Å². The van der Waals surface area contributed by atoms with Crippen molar-refractivity contribution in [3.8, 4) is 74.2 Å². The van der Waals surface area contributed by atoms with Gasteiger partial charge in [0.15, 0.2) is 0 Å². The summed E-state index contributed by atoms with van der Waals surface area (Å²) < 4.78 is 43.3. The van der Waals surface area contributed by atoms with E-state index < -0.39 is 5.82 Å². The van der Waals surface area contributed by atoms with Crippen molar-refractivity contribution in [3.05, 3.63) is 392 Å². The molecule has 0 bridgehead atoms. The molecule has 0 saturated carbocycles. The van der Waals surface area contributed by atoms with Gasteiger partial charge in [0, 0.05) is 187 Å². The fourth-order valence-corrected chi connectivity index (χ4v) is 21.8. The topological polar surface area (TPSA) is 282 Å². The molecule has 19 aromatic heterocycles. The normalized spacial score (nSPS) is 13.9. The zero-order valence-corrected chi connectivity index (χ0v) is 84.9. The van der Waals surface area contributed by atoms with Crippen molar-refractivity contribution in [2.45, 2.75) is 195 Å². The van der Waals surface area contributed by atoms with Crippen LogP contribution in [0, 0.1) is 26.6 Å². The number of aromatic nitrogens is 20. The molecule has 0 aliphatic heterocycles. The van der Waals surface area contributed by atoms with E-state index in [9.17, 15) is 28.4 Å². The Hall–Kier alpha value is -16.5. The van der Waals surface area contributed by atoms with Crippen LogP contribution < -0.4 is 37.3 Å². The lowest BCUT2D eigenvalue weighted by Crippen LogP contribution is -2.18. The van der Waals surface area contributed by atoms with Gasteiger partial charge in [0.25, 0.3) is 27.8 Å². The molecule has 25 rings (SSSR count). The fourth-order valence-electron chi connectivity index (χ4n) is 21.8. The lowest BCUT2D eigenvalue weighted by atomic mass is 10.1. The van der Waals surface area contributed by atoms with Crippen LogP contribution in [0.25, 0.3) is 118 Å². The van der Waals surface area contributed by atoms with E-state index in [-0.39, 0.29) is 34.4 Å². The van der Waals surface area contributed by atoms with Crippen LogP contribution in [-0.4, -0.2) is 95.7 Å². The monoisotopic (exact) mass is 1970 g/mol. The zero-order valence-electron chi connectivity index (χ0n) is 84.9. The lowest BCUT2D eigenvalue weighted by molar-refractivity contribution is 0.300. The first-order valence-corrected chi connectivity index (χ1v) is 51.7. The summed E-state index contributed by atoms with van der Waals surface area (Å²) in [5, 5.41) is 14.3. The molecule has 0 fully saturated rings. The molecule has 748 valence electrons. The first kappa shape index (κ1) is 97.6. The van der Waals surface area contributed by atoms with Gasteiger partial charge in [0.2, 0.25) is 0 Å². The smallest absolute Gasteiger partial charge is 0.259 e. The van der Waals surface area contributed by atoms with Crippen molar-refractivity contribution < 1.29 is 13.9 Å². The minimum Gasteiger partial charge on any atom is -0.489 e. The Morgan fingerprint density at radius 2 is 0.635 bits per heavy atom. The number of rotatable bonds is 14. The number of aryl methyl sites for hydroxylation is 13. The molecule has 19 heterocycles. The van der Waals surface area contributed by atoms with Crippen molar-refractivity contribution in [3.63, 3.8) is 0 Å². The summed E-state index contributed by atoms with van der Waals surface area (Å²) in [7, 11) is 10.4. The molecule has 28 heteroatoms. The molecule has 27 nitrogen and oxygen atoms in total. The SMILES string of the molecule is Cc1ccc(-c2ccn(-c3ccc4c5c(n(C)c4n3)CCCCC5)c(=O)c2)cn1.Cc1ccc(-c2ccn(-c3ccc4c5c(n(C)c4n3)CCCCC5)c(=O)c2)nc1.Cc1ccc(-c2ccn(-c3ccc4c5c(n(C)c4n3)CCCCC5)c(=O)c2)nn1.Cn1c2c(c3ccc(-n4ccc(OCc5ccc(F)cn5)cc4=O)nc31)CCCCC2.Cn1c2c(c3ccc(-n4ccc(OCc5ccccc5)cc4=O)nc31)CCCCC2. The molecule has 5 aliphatic carbocycles. The Kier molecular flexibility index (Phi) is 28.4. The minimum atomic E-state index is -0.398. The molecule has 20 aromatic rings. The lowest BCUT2D eigenvalue weighted by Gasteiger charge is -2.09. The molecule has 0 saturated heterocycles. The average molecular weight is 1970 g/mol. The number of fused-ring (bicyclic) bond motifs is 15. The molecular formula is C120H119FN20O7. The number of hydrogen-bond donors (Lipinski definition) is 0. The summed E-state index contributed by atoms with van der Waals surface area (Å²) in [6.45, 7) is 6.43. The second-order valence-electron chi connectivity index (χ2n) is 39.4. The largest absolute Gasteiger partial charge is 0.489 e. The number of ether oxygens (including phenoxy) is 2. The van der Waals surface area contributed by atoms with Gasteiger partial charge in [-0.25, -0.2) is 29.3 Å². The summed E-state index contributed by atoms with van der Waals surface area (Å²) in [6.07, 6.45) is 43.3. The Balaban J connectivity index is 0.000000108. The predicted octanol–water partition coefficient (Wildman–Crippen LogP) is 21.2. The van der Waals surface area contributed by atoms with Crippen molar-refractivity contribution in [2.24, 2.45) is 35.2 Å². The van der Waals surface area contributed by atoms with E-state index in [1.165, 1.54) is 202 Å². The molecule has 0 radical (unpaired) electrons. The van der Waals surface area contributed by atoms with Gasteiger partial charge in [0.1, 0.15) is 87.9 Å². The number of nitrogens with zero attached hydrogens (tertiary/aromatic N) is 20. The van der Waals surface area contributed by atoms with E-state index in [2.05, 4.69) is 114 Å². The molecular weight excluding hydrogens is 1850 g/mol. The second-order valence-corrected chi connectivity index (χ2v) is 39.4. The maximum atomic E-state index is 13.0. The molecule has 0 N–H and O–H groups in total. The van der Waals surface area contributed by atoms with Gasteiger partial charge >= 0.3 is 0 Å². The van der Waals surface area contributed by atoms with Crippen molar-refractivity contribution in [1.82, 2.24) is 95.7 Å².